The molecule has 0 aliphatic rings. The van der Waals surface area contributed by atoms with E-state index in [0.717, 1.165) is 8.66 Å². The highest BCUT2D eigenvalue weighted by Gasteiger charge is 2.19. The van der Waals surface area contributed by atoms with Crippen LogP contribution >= 0.6 is 27.3 Å². The molecule has 2 heterocycles. The van der Waals surface area contributed by atoms with Crippen LogP contribution in [0.5, 0.6) is 0 Å². The van der Waals surface area contributed by atoms with Crippen molar-refractivity contribution in [3.63, 3.8) is 0 Å². The van der Waals surface area contributed by atoms with Gasteiger partial charge in [-0.2, -0.15) is 0 Å². The van der Waals surface area contributed by atoms with Crippen LogP contribution in [0.4, 0.5) is 11.5 Å². The number of carbonyl (C=O) groups is 1. The van der Waals surface area contributed by atoms with Gasteiger partial charge in [0, 0.05) is 10.9 Å². The molecule has 0 amide bonds. The van der Waals surface area contributed by atoms with Gasteiger partial charge in [-0.1, -0.05) is 0 Å². The average Bonchev–Trinajstić information content (AvgIpc) is 2.89. The van der Waals surface area contributed by atoms with Gasteiger partial charge in [-0.05, 0) is 34.1 Å². The number of pyridine rings is 1. The van der Waals surface area contributed by atoms with Gasteiger partial charge in [0.1, 0.15) is 0 Å². The highest BCUT2D eigenvalue weighted by Crippen LogP contribution is 2.26. The Kier molecular flexibility index (Phi) is 4.86. The number of nitrogens with one attached hydrogen (secondary N) is 1. The number of methoxy groups -OCH3 is 1. The molecule has 21 heavy (non-hydrogen) atoms. The predicted octanol–water partition coefficient (Wildman–Crippen LogP) is 3.21. The van der Waals surface area contributed by atoms with Crippen molar-refractivity contribution in [1.82, 2.24) is 4.98 Å². The maximum Gasteiger partial charge on any atom is 0.356 e. The first-order valence-electron chi connectivity index (χ1n) is 5.73. The normalized spacial score (nSPS) is 10.2. The van der Waals surface area contributed by atoms with Crippen LogP contribution in [-0.2, 0) is 11.3 Å². The molecule has 0 saturated carbocycles. The standard InChI is InChI=1S/C12H10BrN3O4S/c1-20-12(17)8-3-4-9(16(18)19)11(15-8)14-6-7-2-5-10(13)21-7/h2-5H,6H2,1H3,(H,14,15). The van der Waals surface area contributed by atoms with Gasteiger partial charge in [0.2, 0.25) is 5.82 Å². The Morgan fingerprint density at radius 3 is 2.81 bits per heavy atom. The molecule has 2 aromatic rings. The van der Waals surface area contributed by atoms with Crippen LogP contribution in [0.25, 0.3) is 0 Å². The van der Waals surface area contributed by atoms with Gasteiger partial charge in [0.05, 0.1) is 22.4 Å². The molecule has 0 fully saturated rings. The summed E-state index contributed by atoms with van der Waals surface area (Å²) in [7, 11) is 1.22. The zero-order valence-corrected chi connectivity index (χ0v) is 13.2. The lowest BCUT2D eigenvalue weighted by atomic mass is 10.3. The van der Waals surface area contributed by atoms with E-state index in [1.54, 1.807) is 0 Å². The fourth-order valence-electron chi connectivity index (χ4n) is 1.57. The van der Waals surface area contributed by atoms with Crippen molar-refractivity contribution in [2.75, 3.05) is 12.4 Å². The van der Waals surface area contributed by atoms with E-state index in [1.807, 2.05) is 12.1 Å². The van der Waals surface area contributed by atoms with E-state index in [-0.39, 0.29) is 17.2 Å². The Balaban J connectivity index is 2.25. The lowest BCUT2D eigenvalue weighted by Crippen LogP contribution is -2.09. The second-order valence-corrected chi connectivity index (χ2v) is 6.42. The third-order valence-electron chi connectivity index (χ3n) is 2.52. The zero-order valence-electron chi connectivity index (χ0n) is 10.8. The highest BCUT2D eigenvalue weighted by molar-refractivity contribution is 9.11. The predicted molar refractivity (Wildman–Crippen MR) is 81.6 cm³/mol. The Morgan fingerprint density at radius 1 is 1.48 bits per heavy atom. The Hall–Kier alpha value is -2.00. The maximum atomic E-state index is 11.4. The Labute approximate surface area is 132 Å². The van der Waals surface area contributed by atoms with Crippen LogP contribution in [0.3, 0.4) is 0 Å². The molecule has 9 heteroatoms. The van der Waals surface area contributed by atoms with Crippen LogP contribution in [0.15, 0.2) is 28.1 Å². The molecule has 2 aromatic heterocycles. The number of nitrogens with zero attached hydrogens (tertiary/aromatic N) is 2. The van der Waals surface area contributed by atoms with E-state index in [4.69, 9.17) is 0 Å². The Morgan fingerprint density at radius 2 is 2.24 bits per heavy atom. The molecule has 0 spiro atoms. The quantitative estimate of drug-likeness (QED) is 0.492. The topological polar surface area (TPSA) is 94.4 Å². The van der Waals surface area contributed by atoms with Crippen molar-refractivity contribution in [1.29, 1.82) is 0 Å². The lowest BCUT2D eigenvalue weighted by molar-refractivity contribution is -0.384. The number of esters is 1. The molecule has 0 radical (unpaired) electrons. The third kappa shape index (κ3) is 3.76. The molecule has 110 valence electrons. The molecule has 0 bridgehead atoms. The monoisotopic (exact) mass is 371 g/mol. The number of anilines is 1. The minimum absolute atomic E-state index is 0.0120. The van der Waals surface area contributed by atoms with E-state index in [0.29, 0.717) is 6.54 Å². The van der Waals surface area contributed by atoms with Crippen LogP contribution in [0.2, 0.25) is 0 Å². The molecule has 0 atom stereocenters. The number of nitro groups is 1. The Bertz CT molecular complexity index is 689. The first-order chi connectivity index (χ1) is 10.0. The zero-order chi connectivity index (χ0) is 15.4. The summed E-state index contributed by atoms with van der Waals surface area (Å²) >= 11 is 4.84. The molecule has 0 aromatic carbocycles. The number of halogens is 1. The van der Waals surface area contributed by atoms with E-state index in [2.05, 4.69) is 31.0 Å². The number of carbonyl (C=O) groups excluding carboxylic acids is 1. The fraction of sp³-hybridized carbons (Fsp3) is 0.167. The molecule has 0 aliphatic heterocycles. The summed E-state index contributed by atoms with van der Waals surface area (Å²) in [5.74, 6) is -0.612. The van der Waals surface area contributed by atoms with Crippen molar-refractivity contribution < 1.29 is 14.5 Å². The third-order valence-corrected chi connectivity index (χ3v) is 4.15. The van der Waals surface area contributed by atoms with Crippen LogP contribution in [0.1, 0.15) is 15.4 Å². The van der Waals surface area contributed by atoms with Crippen molar-refractivity contribution in [3.05, 3.63) is 48.7 Å². The minimum atomic E-state index is -0.646. The summed E-state index contributed by atoms with van der Waals surface area (Å²) in [4.78, 5) is 26.8. The molecule has 0 unspecified atom stereocenters. The first-order valence-corrected chi connectivity index (χ1v) is 7.34. The number of aromatic nitrogens is 1. The number of hydrogen-bond acceptors (Lipinski definition) is 7. The summed E-state index contributed by atoms with van der Waals surface area (Å²) in [5, 5.41) is 13.9. The summed E-state index contributed by atoms with van der Waals surface area (Å²) < 4.78 is 5.52. The molecule has 2 rings (SSSR count). The van der Waals surface area contributed by atoms with Gasteiger partial charge in [0.15, 0.2) is 5.69 Å². The number of hydrogen-bond donors (Lipinski definition) is 1. The number of ether oxygens (including phenoxy) is 1. The van der Waals surface area contributed by atoms with Crippen LogP contribution in [-0.4, -0.2) is 23.0 Å². The van der Waals surface area contributed by atoms with E-state index < -0.39 is 10.9 Å². The second-order valence-electron chi connectivity index (χ2n) is 3.87. The summed E-state index contributed by atoms with van der Waals surface area (Å²) in [6.45, 7) is 0.370. The summed E-state index contributed by atoms with van der Waals surface area (Å²) in [5.41, 5.74) is -0.184. The number of thiophene rings is 1. The molecular weight excluding hydrogens is 362 g/mol. The van der Waals surface area contributed by atoms with Crippen molar-refractivity contribution >= 4 is 44.7 Å². The maximum absolute atomic E-state index is 11.4. The summed E-state index contributed by atoms with van der Waals surface area (Å²) in [6, 6.07) is 6.26. The van der Waals surface area contributed by atoms with Crippen molar-refractivity contribution in [2.45, 2.75) is 6.54 Å². The highest BCUT2D eigenvalue weighted by atomic mass is 79.9. The summed E-state index contributed by atoms with van der Waals surface area (Å²) in [6.07, 6.45) is 0. The van der Waals surface area contributed by atoms with Gasteiger partial charge >= 0.3 is 11.7 Å². The van der Waals surface area contributed by atoms with Gasteiger partial charge in [-0.15, -0.1) is 11.3 Å². The second kappa shape index (κ2) is 6.64. The van der Waals surface area contributed by atoms with Gasteiger partial charge in [-0.25, -0.2) is 9.78 Å². The van der Waals surface area contributed by atoms with Crippen molar-refractivity contribution in [2.24, 2.45) is 0 Å². The van der Waals surface area contributed by atoms with E-state index in [9.17, 15) is 14.9 Å². The first kappa shape index (κ1) is 15.4. The minimum Gasteiger partial charge on any atom is -0.464 e. The van der Waals surface area contributed by atoms with E-state index >= 15 is 0 Å². The molecule has 7 nitrogen and oxygen atoms in total. The van der Waals surface area contributed by atoms with Gasteiger partial charge in [-0.3, -0.25) is 10.1 Å². The SMILES string of the molecule is COC(=O)c1ccc([N+](=O)[O-])c(NCc2ccc(Br)s2)n1. The van der Waals surface area contributed by atoms with Crippen LogP contribution < -0.4 is 5.32 Å². The van der Waals surface area contributed by atoms with Gasteiger partial charge in [0.25, 0.3) is 0 Å². The van der Waals surface area contributed by atoms with Crippen LogP contribution in [0, 0.1) is 10.1 Å². The molecule has 0 aliphatic carbocycles. The fourth-order valence-corrected chi connectivity index (χ4v) is 2.99. The molecule has 0 saturated heterocycles. The molecular formula is C12H10BrN3O4S. The average molecular weight is 372 g/mol. The lowest BCUT2D eigenvalue weighted by Gasteiger charge is -2.06. The van der Waals surface area contributed by atoms with Gasteiger partial charge < -0.3 is 10.1 Å². The smallest absolute Gasteiger partial charge is 0.356 e. The van der Waals surface area contributed by atoms with E-state index in [1.165, 1.54) is 30.6 Å². The largest absolute Gasteiger partial charge is 0.464 e. The number of rotatable bonds is 5. The molecule has 1 N–H and O–H groups in total. The van der Waals surface area contributed by atoms with Crippen molar-refractivity contribution in [3.8, 4) is 0 Å².